The molecule has 0 aliphatic heterocycles. The van der Waals surface area contributed by atoms with E-state index in [1.807, 2.05) is 0 Å². The van der Waals surface area contributed by atoms with Crippen LogP contribution in [0.1, 0.15) is 79.1 Å². The van der Waals surface area contributed by atoms with Crippen LogP contribution in [0, 0.1) is 11.8 Å². The van der Waals surface area contributed by atoms with Crippen LogP contribution >= 0.6 is 0 Å². The van der Waals surface area contributed by atoms with Crippen LogP contribution in [0.4, 0.5) is 0 Å². The van der Waals surface area contributed by atoms with Crippen molar-refractivity contribution in [2.24, 2.45) is 11.8 Å². The Hall–Kier alpha value is 1.50. The summed E-state index contributed by atoms with van der Waals surface area (Å²) in [5.41, 5.74) is 0. The number of rotatable bonds is 10. The molecule has 0 spiro atoms. The molecule has 128 valence electrons. The fourth-order valence-electron chi connectivity index (χ4n) is 1.66. The molecular weight excluding hydrogens is 399 g/mol. The van der Waals surface area contributed by atoms with Crippen molar-refractivity contribution in [2.75, 3.05) is 11.5 Å². The van der Waals surface area contributed by atoms with Crippen LogP contribution in [0.25, 0.3) is 0 Å². The van der Waals surface area contributed by atoms with E-state index in [4.69, 9.17) is 25.3 Å². The van der Waals surface area contributed by atoms with Crippen molar-refractivity contribution in [1.29, 1.82) is 0 Å². The molecule has 0 bridgehead atoms. The summed E-state index contributed by atoms with van der Waals surface area (Å²) in [6, 6.07) is 0. The van der Waals surface area contributed by atoms with Gasteiger partial charge in [-0.05, 0) is 11.8 Å². The van der Waals surface area contributed by atoms with E-state index in [-0.39, 0.29) is 21.1 Å². The second-order valence-electron chi connectivity index (χ2n) is 6.39. The molecule has 0 fully saturated rings. The van der Waals surface area contributed by atoms with Crippen LogP contribution in [0.5, 0.6) is 0 Å². The van der Waals surface area contributed by atoms with Crippen LogP contribution in [0.2, 0.25) is 9.88 Å². The molecule has 0 aromatic carbocycles. The normalized spacial score (nSPS) is 9.62. The first kappa shape index (κ1) is 27.4. The van der Waals surface area contributed by atoms with E-state index in [2.05, 4.69) is 37.6 Å². The van der Waals surface area contributed by atoms with Gasteiger partial charge < -0.3 is 25.3 Å². The summed E-state index contributed by atoms with van der Waals surface area (Å²) in [5.74, 6) is 3.63. The fourth-order valence-corrected chi connectivity index (χ4v) is 2.07. The molecule has 0 aromatic rings. The summed E-state index contributed by atoms with van der Waals surface area (Å²) in [6.07, 6.45) is 10.6. The van der Waals surface area contributed by atoms with Crippen molar-refractivity contribution in [3.8, 4) is 0 Å². The Kier molecular flexibility index (Phi) is 34.4. The summed E-state index contributed by atoms with van der Waals surface area (Å²) >= 11 is 9.89. The Morgan fingerprint density at radius 3 is 1.10 bits per heavy atom. The van der Waals surface area contributed by atoms with Gasteiger partial charge in [-0.25, -0.2) is 0 Å². The third kappa shape index (κ3) is 44.9. The molecule has 0 aliphatic carbocycles. The molecule has 0 saturated carbocycles. The minimum absolute atomic E-state index is 0.230. The predicted molar refractivity (Wildman–Crippen MR) is 109 cm³/mol. The van der Waals surface area contributed by atoms with Crippen LogP contribution < -0.4 is 0 Å². The Morgan fingerprint density at radius 2 is 0.905 bits per heavy atom. The molecule has 0 atom stereocenters. The molecule has 0 rings (SSSR count). The van der Waals surface area contributed by atoms with Gasteiger partial charge in [-0.2, -0.15) is 11.5 Å². The summed E-state index contributed by atoms with van der Waals surface area (Å²) in [6.45, 7) is 9.09. The zero-order chi connectivity index (χ0) is 16.9. The van der Waals surface area contributed by atoms with Crippen LogP contribution in [-0.4, -0.2) is 32.6 Å². The maximum absolute atomic E-state index is 4.83. The summed E-state index contributed by atoms with van der Waals surface area (Å²) < 4.78 is 0. The Bertz CT molecular complexity index is 134. The van der Waals surface area contributed by atoms with E-state index in [9.17, 15) is 0 Å². The van der Waals surface area contributed by atoms with Crippen molar-refractivity contribution in [2.45, 2.75) is 88.9 Å². The van der Waals surface area contributed by atoms with Gasteiger partial charge in [0.1, 0.15) is 0 Å². The predicted octanol–water partition coefficient (Wildman–Crippen LogP) is 6.29. The monoisotopic (exact) mass is 440 g/mol. The third-order valence-corrected chi connectivity index (χ3v) is 3.43. The van der Waals surface area contributed by atoms with E-state index in [1.165, 1.54) is 51.4 Å². The van der Waals surface area contributed by atoms with Crippen molar-refractivity contribution in [3.05, 3.63) is 0 Å². The molecule has 0 nitrogen and oxygen atoms in total. The van der Waals surface area contributed by atoms with Crippen molar-refractivity contribution >= 4 is 46.4 Å². The molecule has 0 aliphatic rings. The zero-order valence-corrected chi connectivity index (χ0v) is 20.0. The van der Waals surface area contributed by atoms with E-state index < -0.39 is 0 Å². The zero-order valence-electron chi connectivity index (χ0n) is 15.5. The van der Waals surface area contributed by atoms with Crippen molar-refractivity contribution in [3.63, 3.8) is 0 Å². The Morgan fingerprint density at radius 1 is 0.619 bits per heavy atom. The molecule has 21 heavy (non-hydrogen) atoms. The fraction of sp³-hybridized carbons (Fsp3) is 1.00. The van der Waals surface area contributed by atoms with Gasteiger partial charge in [0.25, 0.3) is 0 Å². The molecule has 0 radical (unpaired) electrons. The third-order valence-electron chi connectivity index (χ3n) is 2.85. The molecule has 0 amide bonds. The minimum atomic E-state index is 0.230. The van der Waals surface area contributed by atoms with Gasteiger partial charge in [0.05, 0.1) is 0 Å². The van der Waals surface area contributed by atoms with Gasteiger partial charge in [-0.15, -0.1) is 0 Å². The molecule has 0 aromatic heterocycles. The molecule has 0 N–H and O–H groups in total. The van der Waals surface area contributed by atoms with Crippen LogP contribution in [0.3, 0.4) is 0 Å². The van der Waals surface area contributed by atoms with Gasteiger partial charge in [-0.3, -0.25) is 0 Å². The van der Waals surface area contributed by atoms with Gasteiger partial charge >= 0.3 is 31.0 Å². The van der Waals surface area contributed by atoms with Crippen LogP contribution in [-0.2, 0) is 25.3 Å². The summed E-state index contributed by atoms with van der Waals surface area (Å²) in [7, 11) is 0. The first-order valence-electron chi connectivity index (χ1n) is 8.70. The second kappa shape index (κ2) is 26.4. The first-order chi connectivity index (χ1) is 9.95. The maximum atomic E-state index is 4.83. The molecule has 0 heterocycles. The van der Waals surface area contributed by atoms with Gasteiger partial charge in [0, 0.05) is 0 Å². The summed E-state index contributed by atoms with van der Waals surface area (Å²) in [4.78, 5) is 4.59. The molecule has 0 saturated heterocycles. The first-order valence-corrected chi connectivity index (χ1v) is 15.6. The average molecular weight is 439 g/mol. The van der Waals surface area contributed by atoms with E-state index in [0.29, 0.717) is 0 Å². The topological polar surface area (TPSA) is 0 Å². The van der Waals surface area contributed by atoms with Crippen molar-refractivity contribution < 1.29 is 0 Å². The molecular formula is C18H40S2Sn. The van der Waals surface area contributed by atoms with E-state index in [0.717, 1.165) is 23.3 Å². The van der Waals surface area contributed by atoms with Gasteiger partial charge in [0.2, 0.25) is 0 Å². The average Bonchev–Trinajstić information content (AvgIpc) is 2.41. The summed E-state index contributed by atoms with van der Waals surface area (Å²) in [5, 5.41) is 0. The quantitative estimate of drug-likeness (QED) is 0.223. The standard InChI is InChI=1S/2C8H18S.2CH3.Sn/c2*1-8(2)6-4-3-5-7-9;;;/h2*8-9H,3-7H2,1-2H3;2*1H3;/q;;;;+2/p-2. The number of unbranched alkanes of at least 4 members (excludes halogenated alkanes) is 4. The van der Waals surface area contributed by atoms with Gasteiger partial charge in [0.15, 0.2) is 0 Å². The van der Waals surface area contributed by atoms with Crippen LogP contribution in [0.15, 0.2) is 0 Å². The number of hydrogen-bond acceptors (Lipinski definition) is 2. The Labute approximate surface area is 158 Å². The van der Waals surface area contributed by atoms with Gasteiger partial charge in [-0.1, -0.05) is 79.1 Å². The van der Waals surface area contributed by atoms with Crippen molar-refractivity contribution in [1.82, 2.24) is 0 Å². The van der Waals surface area contributed by atoms with E-state index in [1.54, 1.807) is 0 Å². The second-order valence-corrected chi connectivity index (χ2v) is 10.1. The number of hydrogen-bond donors (Lipinski definition) is 0. The molecule has 3 heteroatoms. The Balaban J connectivity index is -0.000000260. The SMILES string of the molecule is CC(C)CCCCC[S-].CC(C)CCCCC[S-].[CH3][Sn+2][CH3]. The van der Waals surface area contributed by atoms with E-state index >= 15 is 0 Å². The molecule has 0 unspecified atom stereocenters.